The minimum Gasteiger partial charge on any atom is -0.395 e. The second kappa shape index (κ2) is 7.96. The number of carbonyl (C=O) groups excluding carboxylic acids is 2. The van der Waals surface area contributed by atoms with E-state index in [0.29, 0.717) is 22.2 Å². The van der Waals surface area contributed by atoms with Gasteiger partial charge in [0.25, 0.3) is 11.8 Å². The number of benzene rings is 1. The molecular formula is C18H20Cl2N2O4. The van der Waals surface area contributed by atoms with Crippen LogP contribution >= 0.6 is 23.2 Å². The number of aliphatic hydroxyl groups excluding tert-OH is 1. The highest BCUT2D eigenvalue weighted by Gasteiger charge is 2.42. The van der Waals surface area contributed by atoms with Crippen LogP contribution in [0, 0.1) is 0 Å². The molecule has 26 heavy (non-hydrogen) atoms. The zero-order valence-electron chi connectivity index (χ0n) is 14.4. The van der Waals surface area contributed by atoms with Gasteiger partial charge in [-0.25, -0.2) is 0 Å². The van der Waals surface area contributed by atoms with Gasteiger partial charge in [-0.15, -0.1) is 0 Å². The largest absolute Gasteiger partial charge is 0.395 e. The first kappa shape index (κ1) is 19.2. The summed E-state index contributed by atoms with van der Waals surface area (Å²) in [6.07, 6.45) is 1.59. The van der Waals surface area contributed by atoms with Crippen molar-refractivity contribution in [3.8, 4) is 0 Å². The SMILES string of the molecule is CN(CCO)C1=C(c2ccc(Cl)cc2Cl)C(=O)N(CC2CCCO2)C1=O. The quantitative estimate of drug-likeness (QED) is 0.743. The zero-order chi connectivity index (χ0) is 18.8. The summed E-state index contributed by atoms with van der Waals surface area (Å²) in [4.78, 5) is 28.8. The Labute approximate surface area is 161 Å². The molecule has 3 rings (SSSR count). The Morgan fingerprint density at radius 3 is 2.69 bits per heavy atom. The van der Waals surface area contributed by atoms with Crippen LogP contribution in [0.25, 0.3) is 5.57 Å². The second-order valence-electron chi connectivity index (χ2n) is 6.35. The van der Waals surface area contributed by atoms with Gasteiger partial charge in [0.15, 0.2) is 0 Å². The van der Waals surface area contributed by atoms with Crippen molar-refractivity contribution in [3.05, 3.63) is 39.5 Å². The fraction of sp³-hybridized carbons (Fsp3) is 0.444. The molecule has 0 aliphatic carbocycles. The summed E-state index contributed by atoms with van der Waals surface area (Å²) in [7, 11) is 1.66. The predicted molar refractivity (Wildman–Crippen MR) is 98.8 cm³/mol. The molecule has 6 nitrogen and oxygen atoms in total. The molecule has 1 atom stereocenters. The Kier molecular flexibility index (Phi) is 5.87. The Hall–Kier alpha value is -1.60. The Morgan fingerprint density at radius 2 is 2.08 bits per heavy atom. The topological polar surface area (TPSA) is 70.1 Å². The van der Waals surface area contributed by atoms with E-state index in [0.717, 1.165) is 12.8 Å². The standard InChI is InChI=1S/C18H20Cl2N2O4/c1-21(6-7-23)16-15(13-5-4-11(19)9-14(13)20)17(24)22(18(16)25)10-12-3-2-8-26-12/h4-5,9,12,23H,2-3,6-8,10H2,1H3. The average molecular weight is 399 g/mol. The summed E-state index contributed by atoms with van der Waals surface area (Å²) in [5.41, 5.74) is 0.904. The number of amides is 2. The van der Waals surface area contributed by atoms with E-state index < -0.39 is 11.8 Å². The number of rotatable bonds is 6. The van der Waals surface area contributed by atoms with Crippen molar-refractivity contribution in [2.45, 2.75) is 18.9 Å². The van der Waals surface area contributed by atoms with E-state index in [1.807, 2.05) is 0 Å². The van der Waals surface area contributed by atoms with Crippen molar-refractivity contribution in [2.24, 2.45) is 0 Å². The lowest BCUT2D eigenvalue weighted by atomic mass is 10.0. The van der Waals surface area contributed by atoms with Gasteiger partial charge in [-0.05, 0) is 25.0 Å². The summed E-state index contributed by atoms with van der Waals surface area (Å²) < 4.78 is 5.57. The number of likely N-dealkylation sites (N-methyl/N-ethyl adjacent to an activating group) is 1. The molecule has 0 aromatic heterocycles. The molecular weight excluding hydrogens is 379 g/mol. The van der Waals surface area contributed by atoms with E-state index >= 15 is 0 Å². The first-order valence-corrected chi connectivity index (χ1v) is 9.19. The van der Waals surface area contributed by atoms with Crippen LogP contribution < -0.4 is 0 Å². The van der Waals surface area contributed by atoms with Crippen LogP contribution in [0.2, 0.25) is 10.0 Å². The van der Waals surface area contributed by atoms with Crippen LogP contribution in [0.15, 0.2) is 23.9 Å². The summed E-state index contributed by atoms with van der Waals surface area (Å²) in [6.45, 7) is 0.927. The van der Waals surface area contributed by atoms with E-state index in [9.17, 15) is 14.7 Å². The summed E-state index contributed by atoms with van der Waals surface area (Å²) in [5.74, 6) is -0.808. The lowest BCUT2D eigenvalue weighted by Crippen LogP contribution is -2.39. The molecule has 2 aliphatic rings. The van der Waals surface area contributed by atoms with Gasteiger partial charge in [0, 0.05) is 30.8 Å². The number of ether oxygens (including phenoxy) is 1. The molecule has 1 aromatic carbocycles. The minimum atomic E-state index is -0.408. The molecule has 2 heterocycles. The van der Waals surface area contributed by atoms with E-state index in [-0.39, 0.29) is 37.1 Å². The highest BCUT2D eigenvalue weighted by Crippen LogP contribution is 2.36. The van der Waals surface area contributed by atoms with Gasteiger partial charge in [0.1, 0.15) is 5.70 Å². The maximum Gasteiger partial charge on any atom is 0.277 e. The molecule has 1 unspecified atom stereocenters. The summed E-state index contributed by atoms with van der Waals surface area (Å²) in [6, 6.07) is 4.79. The molecule has 0 spiro atoms. The molecule has 1 N–H and O–H groups in total. The van der Waals surface area contributed by atoms with Gasteiger partial charge in [0.2, 0.25) is 0 Å². The average Bonchev–Trinajstić information content (AvgIpc) is 3.18. The van der Waals surface area contributed by atoms with Gasteiger partial charge >= 0.3 is 0 Å². The predicted octanol–water partition coefficient (Wildman–Crippen LogP) is 2.18. The first-order valence-electron chi connectivity index (χ1n) is 8.43. The molecule has 2 amide bonds. The van der Waals surface area contributed by atoms with Crippen molar-refractivity contribution in [1.82, 2.24) is 9.80 Å². The molecule has 1 aromatic rings. The van der Waals surface area contributed by atoms with Gasteiger partial charge in [-0.3, -0.25) is 14.5 Å². The number of imide groups is 1. The van der Waals surface area contributed by atoms with Crippen molar-refractivity contribution in [3.63, 3.8) is 0 Å². The van der Waals surface area contributed by atoms with Gasteiger partial charge < -0.3 is 14.7 Å². The lowest BCUT2D eigenvalue weighted by molar-refractivity contribution is -0.139. The third kappa shape index (κ3) is 3.60. The van der Waals surface area contributed by atoms with E-state index in [4.69, 9.17) is 27.9 Å². The third-order valence-corrected chi connectivity index (χ3v) is 5.12. The normalized spacial score (nSPS) is 20.5. The van der Waals surface area contributed by atoms with Crippen LogP contribution in [0.4, 0.5) is 0 Å². The van der Waals surface area contributed by atoms with Gasteiger partial charge in [0.05, 0.1) is 29.9 Å². The lowest BCUT2D eigenvalue weighted by Gasteiger charge is -2.22. The van der Waals surface area contributed by atoms with Crippen LogP contribution in [0.5, 0.6) is 0 Å². The van der Waals surface area contributed by atoms with Crippen molar-refractivity contribution in [1.29, 1.82) is 0 Å². The van der Waals surface area contributed by atoms with E-state index in [2.05, 4.69) is 0 Å². The number of carbonyl (C=O) groups is 2. The van der Waals surface area contributed by atoms with Crippen LogP contribution in [0.3, 0.4) is 0 Å². The third-order valence-electron chi connectivity index (χ3n) is 4.57. The first-order chi connectivity index (χ1) is 12.4. The van der Waals surface area contributed by atoms with Crippen molar-refractivity contribution < 1.29 is 19.4 Å². The molecule has 140 valence electrons. The van der Waals surface area contributed by atoms with Gasteiger partial charge in [-0.1, -0.05) is 29.3 Å². The van der Waals surface area contributed by atoms with Crippen LogP contribution in [0.1, 0.15) is 18.4 Å². The molecule has 1 fully saturated rings. The molecule has 0 saturated carbocycles. The molecule has 0 bridgehead atoms. The van der Waals surface area contributed by atoms with E-state index in [1.54, 1.807) is 24.1 Å². The summed E-state index contributed by atoms with van der Waals surface area (Å²) in [5, 5.41) is 9.99. The summed E-state index contributed by atoms with van der Waals surface area (Å²) >= 11 is 12.3. The van der Waals surface area contributed by atoms with Crippen molar-refractivity contribution >= 4 is 40.6 Å². The Bertz CT molecular complexity index is 760. The molecule has 0 radical (unpaired) electrons. The molecule has 1 saturated heterocycles. The van der Waals surface area contributed by atoms with Crippen LogP contribution in [-0.4, -0.2) is 66.2 Å². The number of halogens is 2. The monoisotopic (exact) mass is 398 g/mol. The van der Waals surface area contributed by atoms with Crippen molar-refractivity contribution in [2.75, 3.05) is 33.4 Å². The van der Waals surface area contributed by atoms with Crippen LogP contribution in [-0.2, 0) is 14.3 Å². The van der Waals surface area contributed by atoms with E-state index in [1.165, 1.54) is 11.0 Å². The number of hydrogen-bond donors (Lipinski definition) is 1. The van der Waals surface area contributed by atoms with Gasteiger partial charge in [-0.2, -0.15) is 0 Å². The highest BCUT2D eigenvalue weighted by atomic mass is 35.5. The second-order valence-corrected chi connectivity index (χ2v) is 7.19. The highest BCUT2D eigenvalue weighted by molar-refractivity contribution is 6.41. The number of aliphatic hydroxyl groups is 1. The number of hydrogen-bond acceptors (Lipinski definition) is 5. The minimum absolute atomic E-state index is 0.144. The molecule has 2 aliphatic heterocycles. The fourth-order valence-electron chi connectivity index (χ4n) is 3.27. The molecule has 8 heteroatoms. The zero-order valence-corrected chi connectivity index (χ0v) is 15.9. The fourth-order valence-corrected chi connectivity index (χ4v) is 3.77. The maximum atomic E-state index is 13.1. The Morgan fingerprint density at radius 1 is 1.31 bits per heavy atom. The Balaban J connectivity index is 2.02. The number of nitrogens with zero attached hydrogens (tertiary/aromatic N) is 2. The maximum absolute atomic E-state index is 13.1. The smallest absolute Gasteiger partial charge is 0.277 e.